The normalized spacial score (nSPS) is 10.1. The van der Waals surface area contributed by atoms with Gasteiger partial charge in [-0.2, -0.15) is 0 Å². The Bertz CT molecular complexity index is 669. The van der Waals surface area contributed by atoms with E-state index in [9.17, 15) is 9.59 Å². The van der Waals surface area contributed by atoms with Crippen molar-refractivity contribution < 1.29 is 14.7 Å². The van der Waals surface area contributed by atoms with Crippen LogP contribution in [0.3, 0.4) is 0 Å². The van der Waals surface area contributed by atoms with Gasteiger partial charge in [-0.1, -0.05) is 11.6 Å². The molecule has 2 rings (SSSR count). The number of nitrogens with two attached hydrogens (primary N) is 1. The van der Waals surface area contributed by atoms with E-state index in [0.717, 1.165) is 0 Å². The first-order valence-electron chi connectivity index (χ1n) is 5.67. The molecule has 5 nitrogen and oxygen atoms in total. The number of hydrogen-bond donors (Lipinski definition) is 3. The Morgan fingerprint density at radius 3 is 2.15 bits per heavy atom. The molecule has 6 heteroatoms. The SMILES string of the molecule is NC(=O)c1ccc(Nc2ccc(C(=O)O)cc2)c(Cl)c1. The summed E-state index contributed by atoms with van der Waals surface area (Å²) in [4.78, 5) is 21.8. The van der Waals surface area contributed by atoms with E-state index in [1.54, 1.807) is 24.3 Å². The highest BCUT2D eigenvalue weighted by Crippen LogP contribution is 2.26. The molecule has 0 atom stereocenters. The summed E-state index contributed by atoms with van der Waals surface area (Å²) in [5.41, 5.74) is 6.96. The van der Waals surface area contributed by atoms with Crippen LogP contribution in [0.1, 0.15) is 20.7 Å². The molecule has 0 fully saturated rings. The second kappa shape index (κ2) is 5.63. The molecule has 0 radical (unpaired) electrons. The van der Waals surface area contributed by atoms with E-state index in [1.807, 2.05) is 0 Å². The summed E-state index contributed by atoms with van der Waals surface area (Å²) in [6.07, 6.45) is 0. The number of amides is 1. The average molecular weight is 291 g/mol. The number of aromatic carboxylic acids is 1. The van der Waals surface area contributed by atoms with Crippen molar-refractivity contribution in [2.24, 2.45) is 5.73 Å². The topological polar surface area (TPSA) is 92.4 Å². The zero-order valence-electron chi connectivity index (χ0n) is 10.3. The highest BCUT2D eigenvalue weighted by atomic mass is 35.5. The lowest BCUT2D eigenvalue weighted by Gasteiger charge is -2.09. The van der Waals surface area contributed by atoms with Gasteiger partial charge in [0.1, 0.15) is 0 Å². The molecule has 0 aliphatic rings. The molecule has 0 spiro atoms. The fraction of sp³-hybridized carbons (Fsp3) is 0. The summed E-state index contributed by atoms with van der Waals surface area (Å²) in [6, 6.07) is 10.9. The largest absolute Gasteiger partial charge is 0.478 e. The van der Waals surface area contributed by atoms with Crippen LogP contribution >= 0.6 is 11.6 Å². The first-order valence-corrected chi connectivity index (χ1v) is 6.05. The highest BCUT2D eigenvalue weighted by molar-refractivity contribution is 6.33. The average Bonchev–Trinajstić information content (AvgIpc) is 2.41. The summed E-state index contributed by atoms with van der Waals surface area (Å²) < 4.78 is 0. The summed E-state index contributed by atoms with van der Waals surface area (Å²) >= 11 is 6.04. The maximum atomic E-state index is 11.0. The lowest BCUT2D eigenvalue weighted by molar-refractivity contribution is 0.0696. The van der Waals surface area contributed by atoms with Crippen LogP contribution < -0.4 is 11.1 Å². The lowest BCUT2D eigenvalue weighted by Crippen LogP contribution is -2.10. The second-order valence-electron chi connectivity index (χ2n) is 4.07. The van der Waals surface area contributed by atoms with E-state index in [4.69, 9.17) is 22.4 Å². The van der Waals surface area contributed by atoms with E-state index in [1.165, 1.54) is 18.2 Å². The maximum Gasteiger partial charge on any atom is 0.335 e. The summed E-state index contributed by atoms with van der Waals surface area (Å²) in [5, 5.41) is 12.2. The van der Waals surface area contributed by atoms with Crippen molar-refractivity contribution in [2.45, 2.75) is 0 Å². The first kappa shape index (κ1) is 13.9. The number of anilines is 2. The number of carboxylic acid groups (broad SMARTS) is 1. The third-order valence-corrected chi connectivity index (χ3v) is 2.98. The zero-order valence-corrected chi connectivity index (χ0v) is 11.0. The van der Waals surface area contributed by atoms with Gasteiger partial charge in [0.05, 0.1) is 16.3 Å². The van der Waals surface area contributed by atoms with E-state index in [0.29, 0.717) is 22.0 Å². The molecule has 0 saturated heterocycles. The third-order valence-electron chi connectivity index (χ3n) is 2.66. The van der Waals surface area contributed by atoms with Crippen molar-refractivity contribution in [1.82, 2.24) is 0 Å². The molecule has 0 saturated carbocycles. The van der Waals surface area contributed by atoms with Gasteiger partial charge in [0.25, 0.3) is 0 Å². The summed E-state index contributed by atoms with van der Waals surface area (Å²) in [5.74, 6) is -1.54. The molecule has 0 bridgehead atoms. The minimum atomic E-state index is -0.986. The van der Waals surface area contributed by atoms with Crippen LogP contribution in [0.5, 0.6) is 0 Å². The van der Waals surface area contributed by atoms with Crippen LogP contribution in [0.2, 0.25) is 5.02 Å². The summed E-state index contributed by atoms with van der Waals surface area (Å²) in [7, 11) is 0. The van der Waals surface area contributed by atoms with Crippen LogP contribution in [0, 0.1) is 0 Å². The van der Waals surface area contributed by atoms with Crippen molar-refractivity contribution in [3.8, 4) is 0 Å². The van der Waals surface area contributed by atoms with Gasteiger partial charge in [0.15, 0.2) is 0 Å². The Morgan fingerprint density at radius 1 is 1.05 bits per heavy atom. The smallest absolute Gasteiger partial charge is 0.335 e. The predicted molar refractivity (Wildman–Crippen MR) is 76.7 cm³/mol. The molecule has 1 amide bonds. The van der Waals surface area contributed by atoms with Gasteiger partial charge in [-0.3, -0.25) is 4.79 Å². The van der Waals surface area contributed by atoms with E-state index >= 15 is 0 Å². The number of carboxylic acids is 1. The molecular weight excluding hydrogens is 280 g/mol. The van der Waals surface area contributed by atoms with Crippen molar-refractivity contribution in [3.05, 3.63) is 58.6 Å². The number of hydrogen-bond acceptors (Lipinski definition) is 3. The van der Waals surface area contributed by atoms with Crippen molar-refractivity contribution in [2.75, 3.05) is 5.32 Å². The molecule has 102 valence electrons. The number of rotatable bonds is 4. The fourth-order valence-corrected chi connectivity index (χ4v) is 1.85. The van der Waals surface area contributed by atoms with Gasteiger partial charge >= 0.3 is 5.97 Å². The standard InChI is InChI=1S/C14H11ClN2O3/c15-11-7-9(13(16)18)3-6-12(11)17-10-4-1-8(2-5-10)14(19)20/h1-7,17H,(H2,16,18)(H,19,20). The van der Waals surface area contributed by atoms with E-state index < -0.39 is 11.9 Å². The Balaban J connectivity index is 2.21. The van der Waals surface area contributed by atoms with Gasteiger partial charge in [0, 0.05) is 11.3 Å². The van der Waals surface area contributed by atoms with Gasteiger partial charge in [0.2, 0.25) is 5.91 Å². The Labute approximate surface area is 120 Å². The van der Waals surface area contributed by atoms with E-state index in [-0.39, 0.29) is 5.56 Å². The molecule has 0 aromatic heterocycles. The first-order chi connectivity index (χ1) is 9.47. The third kappa shape index (κ3) is 3.07. The number of primary amides is 1. The minimum Gasteiger partial charge on any atom is -0.478 e. The molecule has 2 aromatic carbocycles. The molecule has 0 aliphatic carbocycles. The van der Waals surface area contributed by atoms with Gasteiger partial charge in [-0.25, -0.2) is 4.79 Å². The number of carbonyl (C=O) groups excluding carboxylic acids is 1. The Hall–Kier alpha value is -2.53. The molecular formula is C14H11ClN2O3. The highest BCUT2D eigenvalue weighted by Gasteiger charge is 2.07. The molecule has 2 aromatic rings. The number of nitrogens with one attached hydrogen (secondary N) is 1. The molecule has 0 aliphatic heterocycles. The lowest BCUT2D eigenvalue weighted by atomic mass is 10.1. The predicted octanol–water partition coefficient (Wildman–Crippen LogP) is 2.88. The van der Waals surface area contributed by atoms with Gasteiger partial charge in [-0.05, 0) is 42.5 Å². The molecule has 4 N–H and O–H groups in total. The van der Waals surface area contributed by atoms with Gasteiger partial charge < -0.3 is 16.2 Å². The quantitative estimate of drug-likeness (QED) is 0.807. The summed E-state index contributed by atoms with van der Waals surface area (Å²) in [6.45, 7) is 0. The van der Waals surface area contributed by atoms with Crippen LogP contribution in [-0.4, -0.2) is 17.0 Å². The molecule has 0 unspecified atom stereocenters. The fourth-order valence-electron chi connectivity index (χ4n) is 1.62. The number of halogens is 1. The zero-order chi connectivity index (χ0) is 14.7. The van der Waals surface area contributed by atoms with E-state index in [2.05, 4.69) is 5.32 Å². The van der Waals surface area contributed by atoms with Crippen LogP contribution in [-0.2, 0) is 0 Å². The monoisotopic (exact) mass is 290 g/mol. The van der Waals surface area contributed by atoms with Crippen molar-refractivity contribution in [3.63, 3.8) is 0 Å². The van der Waals surface area contributed by atoms with Gasteiger partial charge in [-0.15, -0.1) is 0 Å². The second-order valence-corrected chi connectivity index (χ2v) is 4.47. The van der Waals surface area contributed by atoms with Crippen molar-refractivity contribution >= 4 is 34.9 Å². The Kier molecular flexibility index (Phi) is 3.91. The minimum absolute atomic E-state index is 0.200. The van der Waals surface area contributed by atoms with Crippen molar-refractivity contribution in [1.29, 1.82) is 0 Å². The number of benzene rings is 2. The maximum absolute atomic E-state index is 11.0. The molecule has 20 heavy (non-hydrogen) atoms. The van der Waals surface area contributed by atoms with Crippen LogP contribution in [0.4, 0.5) is 11.4 Å². The Morgan fingerprint density at radius 2 is 1.65 bits per heavy atom. The molecule has 0 heterocycles. The van der Waals surface area contributed by atoms with Crippen LogP contribution in [0.15, 0.2) is 42.5 Å². The number of carbonyl (C=O) groups is 2. The van der Waals surface area contributed by atoms with Crippen LogP contribution in [0.25, 0.3) is 0 Å².